The van der Waals surface area contributed by atoms with E-state index in [2.05, 4.69) is 473 Å². The van der Waals surface area contributed by atoms with Crippen molar-refractivity contribution in [2.75, 3.05) is 0 Å². The highest BCUT2D eigenvalue weighted by Crippen LogP contribution is 2.53. The van der Waals surface area contributed by atoms with Crippen LogP contribution in [0.15, 0.2) is 473 Å². The first kappa shape index (κ1) is 71.5. The molecular formula is C122H78. The predicted molar refractivity (Wildman–Crippen MR) is 523 cm³/mol. The van der Waals surface area contributed by atoms with E-state index in [0.29, 0.717) is 0 Å². The summed E-state index contributed by atoms with van der Waals surface area (Å²) in [4.78, 5) is 0. The maximum atomic E-state index is 2.52. The smallest absolute Gasteiger partial charge is 0.00204 e. The van der Waals surface area contributed by atoms with E-state index in [1.165, 1.54) is 120 Å². The van der Waals surface area contributed by atoms with Crippen molar-refractivity contribution in [3.8, 4) is 156 Å². The van der Waals surface area contributed by atoms with Crippen LogP contribution in [0.4, 0.5) is 0 Å². The molecule has 0 aliphatic heterocycles. The number of hydrogen-bond donors (Lipinski definition) is 0. The number of rotatable bonds is 14. The van der Waals surface area contributed by atoms with Gasteiger partial charge in [-0.25, -0.2) is 0 Å². The van der Waals surface area contributed by atoms with E-state index in [-0.39, 0.29) is 0 Å². The van der Waals surface area contributed by atoms with Crippen LogP contribution in [0.5, 0.6) is 0 Å². The zero-order chi connectivity index (χ0) is 80.6. The fourth-order valence-corrected chi connectivity index (χ4v) is 19.8. The maximum Gasteiger partial charge on any atom is -0.00204 e. The van der Waals surface area contributed by atoms with Crippen molar-refractivity contribution in [2.24, 2.45) is 0 Å². The van der Waals surface area contributed by atoms with E-state index in [1.54, 1.807) is 0 Å². The van der Waals surface area contributed by atoms with E-state index in [1.807, 2.05) is 0 Å². The average Bonchev–Trinajstić information content (AvgIpc) is 0.729. The molecule has 0 nitrogen and oxygen atoms in total. The lowest BCUT2D eigenvalue weighted by molar-refractivity contribution is 1.55. The van der Waals surface area contributed by atoms with Crippen molar-refractivity contribution in [2.45, 2.75) is 0 Å². The molecule has 0 fully saturated rings. The maximum absolute atomic E-state index is 2.52. The molecule has 0 spiro atoms. The zero-order valence-electron chi connectivity index (χ0n) is 67.0. The van der Waals surface area contributed by atoms with Gasteiger partial charge in [-0.15, -0.1) is 0 Å². The van der Waals surface area contributed by atoms with Gasteiger partial charge in [0, 0.05) is 0 Å². The monoisotopic (exact) mass is 1540 g/mol. The highest BCUT2D eigenvalue weighted by Gasteiger charge is 2.26. The van der Waals surface area contributed by atoms with E-state index in [4.69, 9.17) is 0 Å². The topological polar surface area (TPSA) is 0 Å². The Hall–Kier alpha value is -15.9. The van der Waals surface area contributed by atoms with Gasteiger partial charge in [-0.1, -0.05) is 400 Å². The largest absolute Gasteiger partial charge is 0.0622 e. The van der Waals surface area contributed by atoms with Crippen molar-refractivity contribution in [1.82, 2.24) is 0 Å². The molecule has 0 atom stereocenters. The van der Waals surface area contributed by atoms with E-state index >= 15 is 0 Å². The third-order valence-corrected chi connectivity index (χ3v) is 25.4. The molecule has 0 radical (unpaired) electrons. The molecule has 23 rings (SSSR count). The summed E-state index contributed by atoms with van der Waals surface area (Å²) in [6, 6.07) is 178. The van der Waals surface area contributed by atoms with Crippen molar-refractivity contribution in [3.05, 3.63) is 473 Å². The quantitative estimate of drug-likeness (QED) is 0.0952. The van der Waals surface area contributed by atoms with E-state index in [9.17, 15) is 0 Å². The van der Waals surface area contributed by atoms with Crippen molar-refractivity contribution >= 4 is 86.2 Å². The molecule has 0 aliphatic carbocycles. The Bertz CT molecular complexity index is 7420. The second kappa shape index (κ2) is 30.3. The van der Waals surface area contributed by atoms with Gasteiger partial charge >= 0.3 is 0 Å². The molecule has 0 amide bonds. The summed E-state index contributed by atoms with van der Waals surface area (Å²) in [5, 5.41) is 19.1. The number of fused-ring (bicyclic) bond motifs is 8. The van der Waals surface area contributed by atoms with Gasteiger partial charge in [0.15, 0.2) is 0 Å². The van der Waals surface area contributed by atoms with Gasteiger partial charge in [-0.05, 0) is 315 Å². The summed E-state index contributed by atoms with van der Waals surface area (Å²) >= 11 is 0. The summed E-state index contributed by atoms with van der Waals surface area (Å²) in [5.74, 6) is 0. The van der Waals surface area contributed by atoms with Gasteiger partial charge in [0.2, 0.25) is 0 Å². The highest BCUT2D eigenvalue weighted by atomic mass is 14.3. The predicted octanol–water partition coefficient (Wildman–Crippen LogP) is 34.3. The third-order valence-electron chi connectivity index (χ3n) is 25.4. The summed E-state index contributed by atoms with van der Waals surface area (Å²) in [7, 11) is 0. The van der Waals surface area contributed by atoms with E-state index < -0.39 is 0 Å². The lowest BCUT2D eigenvalue weighted by Gasteiger charge is -2.22. The molecule has 23 aromatic carbocycles. The Labute approximate surface area is 710 Å². The number of benzene rings is 23. The number of hydrogen-bond acceptors (Lipinski definition) is 0. The standard InChI is InChI=1S/C122H78/c1-5-31-79(32-6-1)87-67-88(80-33-7-2-8-34-80)70-91(69-87)93-73-95(103-55-29-61-111-109(105-57-25-43-83-39-13-17-47-99(83)105)63-65-117(121(103)111)107-59-27-45-85-41-15-19-49-101(85)107)77-97(75-93)119-113-51-21-23-53-115(113)120(116-54-24-22-52-114(116)119)98-76-94(92-71-89(81-35-9-3-10-36-81)68-90(72-92)82-37-11-4-12-38-82)74-96(78-98)104-56-30-62-112-110(106-58-26-44-84-40-14-18-48-100(84)106)64-66-118(122(104)112)108-60-28-46-86-42-16-20-50-102(86)108/h1-78H. The van der Waals surface area contributed by atoms with Crippen LogP contribution in [0.3, 0.4) is 0 Å². The zero-order valence-corrected chi connectivity index (χ0v) is 67.0. The van der Waals surface area contributed by atoms with Crippen LogP contribution in [-0.2, 0) is 0 Å². The first-order valence-electron chi connectivity index (χ1n) is 42.3. The summed E-state index contributed by atoms with van der Waals surface area (Å²) in [6.45, 7) is 0. The highest BCUT2D eigenvalue weighted by molar-refractivity contribution is 6.24. The molecule has 0 N–H and O–H groups in total. The summed E-state index contributed by atoms with van der Waals surface area (Å²) < 4.78 is 0. The SMILES string of the molecule is c1ccc(-c2cc(-c3ccccc3)cc(-c3cc(-c4c5ccccc5c(-c5cc(-c6cc(-c7ccccc7)cc(-c7ccccc7)c6)cc(-c6cccc7c(-c8cccc9ccccc89)ccc(-c8cccc9ccccc89)c67)c5)c5ccccc45)cc(-c4cccc5c(-c6cccc7ccccc67)ccc(-c6cccc7ccccc67)c45)c3)c2)cc1. The molecule has 0 saturated carbocycles. The molecule has 0 unspecified atom stereocenters. The molecule has 0 heterocycles. The van der Waals surface area contributed by atoms with Crippen molar-refractivity contribution in [1.29, 1.82) is 0 Å². The van der Waals surface area contributed by atoms with Gasteiger partial charge < -0.3 is 0 Å². The Morgan fingerprint density at radius 2 is 0.270 bits per heavy atom. The Morgan fingerprint density at radius 3 is 0.566 bits per heavy atom. The van der Waals surface area contributed by atoms with Crippen LogP contribution < -0.4 is 0 Å². The Morgan fingerprint density at radius 1 is 0.0902 bits per heavy atom. The molecule has 0 aliphatic rings. The summed E-state index contributed by atoms with van der Waals surface area (Å²) in [6.07, 6.45) is 0. The molecule has 566 valence electrons. The fourth-order valence-electron chi connectivity index (χ4n) is 19.8. The van der Waals surface area contributed by atoms with Gasteiger partial charge in [-0.3, -0.25) is 0 Å². The second-order valence-electron chi connectivity index (χ2n) is 32.4. The van der Waals surface area contributed by atoms with Crippen molar-refractivity contribution < 1.29 is 0 Å². The van der Waals surface area contributed by atoms with Crippen LogP contribution in [0.2, 0.25) is 0 Å². The molecule has 0 bridgehead atoms. The average molecular weight is 1540 g/mol. The molecule has 0 aromatic heterocycles. The minimum absolute atomic E-state index is 1.12. The van der Waals surface area contributed by atoms with Crippen LogP contribution in [0, 0.1) is 0 Å². The van der Waals surface area contributed by atoms with Gasteiger partial charge in [0.1, 0.15) is 0 Å². The van der Waals surface area contributed by atoms with Crippen LogP contribution in [-0.4, -0.2) is 0 Å². The van der Waals surface area contributed by atoms with Gasteiger partial charge in [0.05, 0.1) is 0 Å². The minimum atomic E-state index is 1.12. The molecule has 0 heteroatoms. The van der Waals surface area contributed by atoms with Gasteiger partial charge in [-0.2, -0.15) is 0 Å². The Kier molecular flexibility index (Phi) is 17.7. The Balaban J connectivity index is 0.817. The van der Waals surface area contributed by atoms with Crippen LogP contribution >= 0.6 is 0 Å². The fraction of sp³-hybridized carbons (Fsp3) is 0. The van der Waals surface area contributed by atoms with Crippen molar-refractivity contribution in [3.63, 3.8) is 0 Å². The molecule has 122 heavy (non-hydrogen) atoms. The second-order valence-corrected chi connectivity index (χ2v) is 32.4. The minimum Gasteiger partial charge on any atom is -0.0622 e. The normalized spacial score (nSPS) is 11.6. The third kappa shape index (κ3) is 12.6. The molecule has 23 aromatic rings. The summed E-state index contributed by atoms with van der Waals surface area (Å²) in [5.41, 5.74) is 32.4. The molecule has 0 saturated heterocycles. The first-order chi connectivity index (χ1) is 60.5. The van der Waals surface area contributed by atoms with Gasteiger partial charge in [0.25, 0.3) is 0 Å². The van der Waals surface area contributed by atoms with E-state index in [0.717, 1.165) is 122 Å². The lowest BCUT2D eigenvalue weighted by atomic mass is 9.81. The lowest BCUT2D eigenvalue weighted by Crippen LogP contribution is -1.95. The van der Waals surface area contributed by atoms with Crippen LogP contribution in [0.25, 0.3) is 242 Å². The molecular weight excluding hydrogens is 1470 g/mol. The van der Waals surface area contributed by atoms with Crippen LogP contribution in [0.1, 0.15) is 0 Å². The first-order valence-corrected chi connectivity index (χ1v) is 42.3.